The van der Waals surface area contributed by atoms with Gasteiger partial charge in [0, 0.05) is 25.6 Å². The number of benzene rings is 2. The predicted octanol–water partition coefficient (Wildman–Crippen LogP) is 3.47. The Balaban J connectivity index is 0.000000427. The molecule has 2 fully saturated rings. The van der Waals surface area contributed by atoms with E-state index in [9.17, 15) is 4.79 Å². The number of carboxylic acids is 2. The Morgan fingerprint density at radius 2 is 1.56 bits per heavy atom. The molecule has 0 saturated carbocycles. The topological polar surface area (TPSA) is 98.2 Å². The van der Waals surface area contributed by atoms with Crippen LogP contribution >= 0.6 is 0 Å². The lowest BCUT2D eigenvalue weighted by molar-refractivity contribution is -0.159. The zero-order valence-electron chi connectivity index (χ0n) is 18.6. The molecule has 0 spiro atoms. The maximum absolute atomic E-state index is 12.8. The number of piperidine rings is 2. The van der Waals surface area contributed by atoms with Gasteiger partial charge >= 0.3 is 11.9 Å². The summed E-state index contributed by atoms with van der Waals surface area (Å²) in [6.07, 6.45) is 4.46. The lowest BCUT2D eigenvalue weighted by Crippen LogP contribution is -2.45. The number of hydrogen-bond acceptors (Lipinski definition) is 4. The van der Waals surface area contributed by atoms with Crippen LogP contribution in [0.5, 0.6) is 0 Å². The van der Waals surface area contributed by atoms with E-state index in [2.05, 4.69) is 59.2 Å². The van der Waals surface area contributed by atoms with Crippen LogP contribution in [0.15, 0.2) is 42.5 Å². The van der Waals surface area contributed by atoms with Crippen LogP contribution in [-0.4, -0.2) is 64.0 Å². The van der Waals surface area contributed by atoms with Crippen molar-refractivity contribution in [1.29, 1.82) is 0 Å². The fourth-order valence-electron chi connectivity index (χ4n) is 4.66. The van der Waals surface area contributed by atoms with Crippen molar-refractivity contribution in [2.45, 2.75) is 39.2 Å². The molecular weight excluding hydrogens is 408 g/mol. The van der Waals surface area contributed by atoms with E-state index in [0.717, 1.165) is 45.6 Å². The van der Waals surface area contributed by atoms with E-state index in [-0.39, 0.29) is 5.92 Å². The average molecular weight is 441 g/mol. The fraction of sp³-hybridized carbons (Fsp3) is 0.480. The van der Waals surface area contributed by atoms with Crippen molar-refractivity contribution in [2.75, 3.05) is 26.2 Å². The molecule has 1 unspecified atom stereocenters. The van der Waals surface area contributed by atoms with Crippen molar-refractivity contribution in [3.05, 3.63) is 48.0 Å². The predicted molar refractivity (Wildman–Crippen MR) is 122 cm³/mol. The summed E-state index contributed by atoms with van der Waals surface area (Å²) in [5.41, 5.74) is 1.40. The Bertz CT molecular complexity index is 935. The number of likely N-dealkylation sites (tertiary alicyclic amines) is 2. The Kier molecular flexibility index (Phi) is 8.22. The van der Waals surface area contributed by atoms with E-state index in [1.165, 1.54) is 29.2 Å². The minimum atomic E-state index is -1.82. The van der Waals surface area contributed by atoms with E-state index in [1.807, 2.05) is 0 Å². The van der Waals surface area contributed by atoms with Gasteiger partial charge in [-0.15, -0.1) is 0 Å². The molecule has 2 N–H and O–H groups in total. The third-order valence-corrected chi connectivity index (χ3v) is 6.36. The lowest BCUT2D eigenvalue weighted by Gasteiger charge is -2.37. The lowest BCUT2D eigenvalue weighted by atomic mass is 9.92. The van der Waals surface area contributed by atoms with Crippen LogP contribution in [0, 0.1) is 11.8 Å². The van der Waals surface area contributed by atoms with E-state index >= 15 is 0 Å². The number of hydrogen-bond donors (Lipinski definition) is 2. The molecule has 7 heteroatoms. The SMILES string of the molecule is CC1CCCN(C(=O)C2CCN(Cc3cccc4ccccc34)CC2)C1.O=C(O)C(=O)O. The molecule has 7 nitrogen and oxygen atoms in total. The highest BCUT2D eigenvalue weighted by molar-refractivity contribution is 6.27. The smallest absolute Gasteiger partial charge is 0.414 e. The number of carboxylic acid groups (broad SMARTS) is 2. The van der Waals surface area contributed by atoms with Crippen LogP contribution in [0.4, 0.5) is 0 Å². The molecule has 1 atom stereocenters. The highest BCUT2D eigenvalue weighted by Crippen LogP contribution is 2.26. The largest absolute Gasteiger partial charge is 0.473 e. The Hall–Kier alpha value is -2.93. The molecule has 2 aliphatic heterocycles. The summed E-state index contributed by atoms with van der Waals surface area (Å²) in [7, 11) is 0. The highest BCUT2D eigenvalue weighted by Gasteiger charge is 2.30. The molecule has 2 heterocycles. The summed E-state index contributed by atoms with van der Waals surface area (Å²) >= 11 is 0. The molecule has 2 aliphatic rings. The third kappa shape index (κ3) is 6.29. The first-order valence-electron chi connectivity index (χ1n) is 11.3. The van der Waals surface area contributed by atoms with Crippen LogP contribution in [-0.2, 0) is 20.9 Å². The van der Waals surface area contributed by atoms with E-state index < -0.39 is 11.9 Å². The van der Waals surface area contributed by atoms with Crippen molar-refractivity contribution in [2.24, 2.45) is 11.8 Å². The van der Waals surface area contributed by atoms with Gasteiger partial charge in [0.15, 0.2) is 0 Å². The summed E-state index contributed by atoms with van der Waals surface area (Å²) in [5, 5.41) is 17.5. The van der Waals surface area contributed by atoms with Gasteiger partial charge in [-0.3, -0.25) is 9.69 Å². The highest BCUT2D eigenvalue weighted by atomic mass is 16.4. The maximum atomic E-state index is 12.8. The third-order valence-electron chi connectivity index (χ3n) is 6.36. The van der Waals surface area contributed by atoms with Crippen LogP contribution in [0.1, 0.15) is 38.2 Å². The Labute approximate surface area is 188 Å². The molecule has 0 aromatic heterocycles. The first-order chi connectivity index (χ1) is 15.3. The Morgan fingerprint density at radius 3 is 2.22 bits per heavy atom. The van der Waals surface area contributed by atoms with Crippen LogP contribution in [0.25, 0.3) is 10.8 Å². The number of carbonyl (C=O) groups is 3. The summed E-state index contributed by atoms with van der Waals surface area (Å²) in [6.45, 7) is 7.26. The van der Waals surface area contributed by atoms with E-state index in [1.54, 1.807) is 0 Å². The fourth-order valence-corrected chi connectivity index (χ4v) is 4.66. The van der Waals surface area contributed by atoms with Gasteiger partial charge in [0.2, 0.25) is 5.91 Å². The number of carbonyl (C=O) groups excluding carboxylic acids is 1. The summed E-state index contributed by atoms with van der Waals surface area (Å²) in [4.78, 5) is 35.7. The van der Waals surface area contributed by atoms with Gasteiger partial charge in [0.05, 0.1) is 0 Å². The quantitative estimate of drug-likeness (QED) is 0.710. The molecule has 32 heavy (non-hydrogen) atoms. The first kappa shape index (κ1) is 23.7. The normalized spacial score (nSPS) is 19.8. The van der Waals surface area contributed by atoms with Gasteiger partial charge in [-0.05, 0) is 61.0 Å². The molecular formula is C25H32N2O5. The zero-order valence-corrected chi connectivity index (χ0v) is 18.6. The van der Waals surface area contributed by atoms with Gasteiger partial charge in [0.1, 0.15) is 0 Å². The number of fused-ring (bicyclic) bond motifs is 1. The second kappa shape index (κ2) is 11.1. The minimum Gasteiger partial charge on any atom is -0.473 e. The van der Waals surface area contributed by atoms with Crippen molar-refractivity contribution in [1.82, 2.24) is 9.80 Å². The summed E-state index contributed by atoms with van der Waals surface area (Å²) in [6, 6.07) is 15.2. The van der Waals surface area contributed by atoms with Gasteiger partial charge < -0.3 is 15.1 Å². The molecule has 0 radical (unpaired) electrons. The first-order valence-corrected chi connectivity index (χ1v) is 11.3. The van der Waals surface area contributed by atoms with Crippen molar-refractivity contribution in [3.8, 4) is 0 Å². The standard InChI is InChI=1S/C23H30N2O.C2H2O4/c1-18-6-5-13-25(16-18)23(26)20-11-14-24(15-12-20)17-21-9-4-8-19-7-2-3-10-22(19)21;3-1(4)2(5)6/h2-4,7-10,18,20H,5-6,11-17H2,1H3;(H,3,4)(H,5,6). The monoisotopic (exact) mass is 440 g/mol. The molecule has 0 aliphatic carbocycles. The molecule has 1 amide bonds. The van der Waals surface area contributed by atoms with Crippen molar-refractivity contribution in [3.63, 3.8) is 0 Å². The second-order valence-electron chi connectivity index (χ2n) is 8.83. The molecule has 2 saturated heterocycles. The van der Waals surface area contributed by atoms with Gasteiger partial charge in [-0.2, -0.15) is 0 Å². The van der Waals surface area contributed by atoms with E-state index in [0.29, 0.717) is 11.8 Å². The van der Waals surface area contributed by atoms with Gasteiger partial charge in [-0.1, -0.05) is 49.4 Å². The number of amides is 1. The molecule has 2 aromatic rings. The minimum absolute atomic E-state index is 0.240. The summed E-state index contributed by atoms with van der Waals surface area (Å²) in [5.74, 6) is -2.32. The Morgan fingerprint density at radius 1 is 0.906 bits per heavy atom. The van der Waals surface area contributed by atoms with Crippen LogP contribution < -0.4 is 0 Å². The number of nitrogens with zero attached hydrogens (tertiary/aromatic N) is 2. The summed E-state index contributed by atoms with van der Waals surface area (Å²) < 4.78 is 0. The van der Waals surface area contributed by atoms with Crippen LogP contribution in [0.3, 0.4) is 0 Å². The maximum Gasteiger partial charge on any atom is 0.414 e. The number of aliphatic carboxylic acids is 2. The molecule has 0 bridgehead atoms. The second-order valence-corrected chi connectivity index (χ2v) is 8.83. The average Bonchev–Trinajstić information content (AvgIpc) is 2.80. The van der Waals surface area contributed by atoms with E-state index in [4.69, 9.17) is 19.8 Å². The molecule has 2 aromatic carbocycles. The van der Waals surface area contributed by atoms with Crippen molar-refractivity contribution < 1.29 is 24.6 Å². The molecule has 172 valence electrons. The van der Waals surface area contributed by atoms with Gasteiger partial charge in [-0.25, -0.2) is 9.59 Å². The zero-order chi connectivity index (χ0) is 23.1. The number of rotatable bonds is 3. The van der Waals surface area contributed by atoms with Crippen LogP contribution in [0.2, 0.25) is 0 Å². The van der Waals surface area contributed by atoms with Crippen molar-refractivity contribution >= 4 is 28.6 Å². The van der Waals surface area contributed by atoms with Gasteiger partial charge in [0.25, 0.3) is 0 Å². The molecule has 4 rings (SSSR count).